The van der Waals surface area contributed by atoms with Gasteiger partial charge in [0.2, 0.25) is 0 Å². The first-order chi connectivity index (χ1) is 8.15. The maximum absolute atomic E-state index is 9.23. The van der Waals surface area contributed by atoms with Crippen LogP contribution in [0.15, 0.2) is 24.3 Å². The molecule has 0 amide bonds. The van der Waals surface area contributed by atoms with Crippen LogP contribution in [0.1, 0.15) is 24.8 Å². The summed E-state index contributed by atoms with van der Waals surface area (Å²) >= 11 is 0. The van der Waals surface area contributed by atoms with E-state index in [4.69, 9.17) is 11.1 Å². The first kappa shape index (κ1) is 11.9. The van der Waals surface area contributed by atoms with Crippen LogP contribution in [0.2, 0.25) is 0 Å². The van der Waals surface area contributed by atoms with Crippen LogP contribution < -0.4 is 5.73 Å². The van der Waals surface area contributed by atoms with E-state index in [1.165, 1.54) is 18.4 Å². The highest BCUT2D eigenvalue weighted by Gasteiger charge is 2.28. The van der Waals surface area contributed by atoms with Crippen molar-refractivity contribution in [3.05, 3.63) is 29.8 Å². The van der Waals surface area contributed by atoms with Crippen LogP contribution in [-0.2, 0) is 6.54 Å². The highest BCUT2D eigenvalue weighted by molar-refractivity contribution is 5.76. The van der Waals surface area contributed by atoms with Crippen molar-refractivity contribution in [2.75, 3.05) is 6.54 Å². The van der Waals surface area contributed by atoms with Crippen LogP contribution in [0.25, 0.3) is 0 Å². The topological polar surface area (TPSA) is 73.3 Å². The van der Waals surface area contributed by atoms with E-state index in [1.54, 1.807) is 12.1 Å². The highest BCUT2D eigenvalue weighted by atomic mass is 16.3. The van der Waals surface area contributed by atoms with E-state index in [0.29, 0.717) is 18.2 Å². The molecule has 92 valence electrons. The molecule has 1 fully saturated rings. The number of phenolic OH excluding ortho intramolecular Hbond substituents is 1. The lowest BCUT2D eigenvalue weighted by atomic mass is 10.2. The van der Waals surface area contributed by atoms with Gasteiger partial charge in [-0.15, -0.1) is 0 Å². The Balaban J connectivity index is 1.92. The molecule has 1 aromatic carbocycles. The van der Waals surface area contributed by atoms with E-state index < -0.39 is 0 Å². The quantitative estimate of drug-likeness (QED) is 0.517. The Morgan fingerprint density at radius 2 is 2.00 bits per heavy atom. The summed E-state index contributed by atoms with van der Waals surface area (Å²) in [6.45, 7) is 1.72. The maximum atomic E-state index is 9.23. The average molecular weight is 233 g/mol. The Kier molecular flexibility index (Phi) is 3.64. The summed E-state index contributed by atoms with van der Waals surface area (Å²) in [5, 5.41) is 16.5. The molecule has 1 aliphatic rings. The molecule has 0 heterocycles. The largest absolute Gasteiger partial charge is 0.508 e. The molecule has 2 rings (SSSR count). The standard InChI is InChI=1S/C13H19N3O/c14-13(15)7-8-16(11-3-4-11)9-10-1-5-12(17)6-2-10/h1-2,5-6,11,17H,3-4,7-9H2,(H3,14,15). The number of benzene rings is 1. The molecule has 0 unspecified atom stereocenters. The smallest absolute Gasteiger partial charge is 0.115 e. The monoisotopic (exact) mass is 233 g/mol. The zero-order valence-corrected chi connectivity index (χ0v) is 9.89. The van der Waals surface area contributed by atoms with Gasteiger partial charge < -0.3 is 10.8 Å². The fourth-order valence-electron chi connectivity index (χ4n) is 1.93. The molecule has 1 aromatic rings. The van der Waals surface area contributed by atoms with Crippen LogP contribution >= 0.6 is 0 Å². The summed E-state index contributed by atoms with van der Waals surface area (Å²) < 4.78 is 0. The summed E-state index contributed by atoms with van der Waals surface area (Å²) in [5.41, 5.74) is 6.59. The van der Waals surface area contributed by atoms with Crippen molar-refractivity contribution < 1.29 is 5.11 Å². The Morgan fingerprint density at radius 3 is 2.53 bits per heavy atom. The summed E-state index contributed by atoms with van der Waals surface area (Å²) in [5.74, 6) is 0.553. The number of aromatic hydroxyl groups is 1. The number of phenols is 1. The lowest BCUT2D eigenvalue weighted by Gasteiger charge is -2.21. The third-order valence-electron chi connectivity index (χ3n) is 3.05. The molecule has 4 nitrogen and oxygen atoms in total. The average Bonchev–Trinajstić information content (AvgIpc) is 3.10. The van der Waals surface area contributed by atoms with Crippen LogP contribution in [0.3, 0.4) is 0 Å². The van der Waals surface area contributed by atoms with Crippen LogP contribution in [0.5, 0.6) is 5.75 Å². The van der Waals surface area contributed by atoms with Crippen LogP contribution in [0, 0.1) is 5.41 Å². The van der Waals surface area contributed by atoms with Crippen molar-refractivity contribution in [3.63, 3.8) is 0 Å². The minimum atomic E-state index is 0.251. The van der Waals surface area contributed by atoms with Crippen LogP contribution in [0.4, 0.5) is 0 Å². The van der Waals surface area contributed by atoms with Crippen LogP contribution in [-0.4, -0.2) is 28.4 Å². The lowest BCUT2D eigenvalue weighted by molar-refractivity contribution is 0.262. The molecule has 0 radical (unpaired) electrons. The Hall–Kier alpha value is -1.55. The predicted molar refractivity (Wildman–Crippen MR) is 68.1 cm³/mol. The van der Waals surface area contributed by atoms with Crippen molar-refractivity contribution in [2.24, 2.45) is 5.73 Å². The second-order valence-electron chi connectivity index (χ2n) is 4.64. The molecule has 0 aliphatic heterocycles. The Labute approximate surface area is 102 Å². The van der Waals surface area contributed by atoms with Gasteiger partial charge in [-0.2, -0.15) is 0 Å². The molecule has 4 N–H and O–H groups in total. The summed E-state index contributed by atoms with van der Waals surface area (Å²) in [4.78, 5) is 2.37. The van der Waals surface area contributed by atoms with E-state index >= 15 is 0 Å². The number of nitrogens with one attached hydrogen (secondary N) is 1. The number of nitrogens with zero attached hydrogens (tertiary/aromatic N) is 1. The van der Waals surface area contributed by atoms with E-state index in [9.17, 15) is 5.11 Å². The van der Waals surface area contributed by atoms with Gasteiger partial charge in [0.1, 0.15) is 5.75 Å². The van der Waals surface area contributed by atoms with Crippen molar-refractivity contribution >= 4 is 5.84 Å². The molecule has 17 heavy (non-hydrogen) atoms. The zero-order chi connectivity index (χ0) is 12.3. The maximum Gasteiger partial charge on any atom is 0.115 e. The van der Waals surface area contributed by atoms with Gasteiger partial charge >= 0.3 is 0 Å². The van der Waals surface area contributed by atoms with Gasteiger partial charge in [0.25, 0.3) is 0 Å². The van der Waals surface area contributed by atoms with Gasteiger partial charge in [-0.3, -0.25) is 10.3 Å². The molecule has 0 saturated heterocycles. The van der Waals surface area contributed by atoms with E-state index in [0.717, 1.165) is 13.1 Å². The van der Waals surface area contributed by atoms with Gasteiger partial charge in [-0.05, 0) is 30.5 Å². The summed E-state index contributed by atoms with van der Waals surface area (Å²) in [6.07, 6.45) is 3.13. The molecule has 0 bridgehead atoms. The van der Waals surface area contributed by atoms with Crippen molar-refractivity contribution in [3.8, 4) is 5.75 Å². The van der Waals surface area contributed by atoms with E-state index in [2.05, 4.69) is 4.90 Å². The van der Waals surface area contributed by atoms with Gasteiger partial charge in [0, 0.05) is 25.6 Å². The van der Waals surface area contributed by atoms with Crippen molar-refractivity contribution in [2.45, 2.75) is 31.8 Å². The molecule has 0 atom stereocenters. The third-order valence-corrected chi connectivity index (χ3v) is 3.05. The van der Waals surface area contributed by atoms with Gasteiger partial charge in [0.15, 0.2) is 0 Å². The predicted octanol–water partition coefficient (Wildman–Crippen LogP) is 1.68. The summed E-state index contributed by atoms with van der Waals surface area (Å²) in [6, 6.07) is 7.97. The summed E-state index contributed by atoms with van der Waals surface area (Å²) in [7, 11) is 0. The number of hydrogen-bond donors (Lipinski definition) is 3. The molecule has 0 aromatic heterocycles. The van der Waals surface area contributed by atoms with Gasteiger partial charge in [0.05, 0.1) is 5.84 Å². The van der Waals surface area contributed by atoms with E-state index in [-0.39, 0.29) is 5.84 Å². The van der Waals surface area contributed by atoms with Crippen molar-refractivity contribution in [1.82, 2.24) is 4.90 Å². The number of amidine groups is 1. The molecule has 4 heteroatoms. The van der Waals surface area contributed by atoms with E-state index in [1.807, 2.05) is 12.1 Å². The molecular formula is C13H19N3O. The molecule has 0 spiro atoms. The fourth-order valence-corrected chi connectivity index (χ4v) is 1.93. The number of rotatable bonds is 6. The third kappa shape index (κ3) is 3.75. The molecule has 1 saturated carbocycles. The zero-order valence-electron chi connectivity index (χ0n) is 9.89. The minimum Gasteiger partial charge on any atom is -0.508 e. The normalized spacial score (nSPS) is 15.1. The number of nitrogens with two attached hydrogens (primary N) is 1. The first-order valence-corrected chi connectivity index (χ1v) is 6.00. The van der Waals surface area contributed by atoms with Gasteiger partial charge in [-0.1, -0.05) is 12.1 Å². The second-order valence-corrected chi connectivity index (χ2v) is 4.64. The Morgan fingerprint density at radius 1 is 1.35 bits per heavy atom. The number of hydrogen-bond acceptors (Lipinski definition) is 3. The van der Waals surface area contributed by atoms with Crippen molar-refractivity contribution in [1.29, 1.82) is 5.41 Å². The van der Waals surface area contributed by atoms with Gasteiger partial charge in [-0.25, -0.2) is 0 Å². The molecule has 1 aliphatic carbocycles. The highest BCUT2D eigenvalue weighted by Crippen LogP contribution is 2.28. The first-order valence-electron chi connectivity index (χ1n) is 6.00. The fraction of sp³-hybridized carbons (Fsp3) is 0.462. The Bertz CT molecular complexity index is 384. The minimum absolute atomic E-state index is 0.251. The lowest BCUT2D eigenvalue weighted by Crippen LogP contribution is -2.29. The second kappa shape index (κ2) is 5.19. The SMILES string of the molecule is N=C(N)CCN(Cc1ccc(O)cc1)C1CC1. The molecular weight excluding hydrogens is 214 g/mol.